The van der Waals surface area contributed by atoms with Crippen molar-refractivity contribution in [1.82, 2.24) is 14.7 Å². The number of rotatable bonds is 6. The molecule has 1 heterocycles. The Morgan fingerprint density at radius 2 is 2.14 bits per heavy atom. The number of anilines is 2. The Morgan fingerprint density at radius 1 is 1.36 bits per heavy atom. The van der Waals surface area contributed by atoms with Crippen LogP contribution in [-0.2, 0) is 11.8 Å². The third kappa shape index (κ3) is 4.08. The van der Waals surface area contributed by atoms with Crippen molar-refractivity contribution in [1.29, 1.82) is 0 Å². The van der Waals surface area contributed by atoms with Gasteiger partial charge < -0.3 is 16.0 Å². The van der Waals surface area contributed by atoms with Crippen LogP contribution >= 0.6 is 0 Å². The van der Waals surface area contributed by atoms with Gasteiger partial charge in [0.15, 0.2) is 0 Å². The molecule has 3 N–H and O–H groups in total. The molecule has 7 nitrogen and oxygen atoms in total. The van der Waals surface area contributed by atoms with Gasteiger partial charge in [0.05, 0.1) is 11.9 Å². The van der Waals surface area contributed by atoms with Gasteiger partial charge in [-0.25, -0.2) is 0 Å². The van der Waals surface area contributed by atoms with Gasteiger partial charge in [0.25, 0.3) is 5.91 Å². The van der Waals surface area contributed by atoms with Gasteiger partial charge in [-0.15, -0.1) is 0 Å². The van der Waals surface area contributed by atoms with Gasteiger partial charge in [-0.3, -0.25) is 14.3 Å². The zero-order valence-corrected chi connectivity index (χ0v) is 12.6. The molecule has 0 saturated heterocycles. The van der Waals surface area contributed by atoms with Crippen molar-refractivity contribution < 1.29 is 9.59 Å². The Hall–Kier alpha value is -2.83. The second-order valence-corrected chi connectivity index (χ2v) is 5.05. The van der Waals surface area contributed by atoms with E-state index in [4.69, 9.17) is 5.73 Å². The van der Waals surface area contributed by atoms with E-state index in [0.717, 1.165) is 11.4 Å². The van der Waals surface area contributed by atoms with Gasteiger partial charge in [0.2, 0.25) is 5.91 Å². The van der Waals surface area contributed by atoms with E-state index in [1.807, 2.05) is 19.3 Å². The van der Waals surface area contributed by atoms with Crippen LogP contribution in [0.2, 0.25) is 0 Å². The topological polar surface area (TPSA) is 93.2 Å². The molecule has 0 saturated carbocycles. The standard InChI is InChI=1S/C15H19N5O2/c1-19(7-6-14(16)21)15(22)11-4-3-5-12(8-11)18-13-9-17-20(2)10-13/h3-5,8-10,18H,6-7H2,1-2H3,(H2,16,21). The lowest BCUT2D eigenvalue weighted by atomic mass is 10.1. The van der Waals surface area contributed by atoms with E-state index in [0.29, 0.717) is 12.1 Å². The second kappa shape index (κ2) is 6.75. The molecule has 0 fully saturated rings. The molecule has 1 aromatic carbocycles. The summed E-state index contributed by atoms with van der Waals surface area (Å²) in [5.74, 6) is -0.581. The first kappa shape index (κ1) is 15.6. The fraction of sp³-hybridized carbons (Fsp3) is 0.267. The molecule has 2 aromatic rings. The van der Waals surface area contributed by atoms with Crippen LogP contribution in [0.5, 0.6) is 0 Å². The molecule has 0 unspecified atom stereocenters. The van der Waals surface area contributed by atoms with E-state index in [-0.39, 0.29) is 12.3 Å². The highest BCUT2D eigenvalue weighted by atomic mass is 16.2. The number of nitrogens with two attached hydrogens (primary N) is 1. The van der Waals surface area contributed by atoms with E-state index < -0.39 is 5.91 Å². The van der Waals surface area contributed by atoms with Gasteiger partial charge in [-0.2, -0.15) is 5.10 Å². The molecule has 0 radical (unpaired) electrons. The van der Waals surface area contributed by atoms with Crippen molar-refractivity contribution in [2.24, 2.45) is 12.8 Å². The van der Waals surface area contributed by atoms with Crippen molar-refractivity contribution in [2.75, 3.05) is 18.9 Å². The monoisotopic (exact) mass is 301 g/mol. The number of aryl methyl sites for hydroxylation is 1. The maximum atomic E-state index is 12.3. The highest BCUT2D eigenvalue weighted by Gasteiger charge is 2.12. The summed E-state index contributed by atoms with van der Waals surface area (Å²) in [6, 6.07) is 7.16. The lowest BCUT2D eigenvalue weighted by Crippen LogP contribution is -2.30. The van der Waals surface area contributed by atoms with Gasteiger partial charge in [0, 0.05) is 44.5 Å². The number of aromatic nitrogens is 2. The number of primary amides is 1. The number of amides is 2. The van der Waals surface area contributed by atoms with Crippen LogP contribution in [0.1, 0.15) is 16.8 Å². The zero-order chi connectivity index (χ0) is 16.1. The first-order valence-electron chi connectivity index (χ1n) is 6.85. The number of carbonyl (C=O) groups excluding carboxylic acids is 2. The van der Waals surface area contributed by atoms with E-state index in [1.165, 1.54) is 4.90 Å². The number of hydrogen-bond acceptors (Lipinski definition) is 4. The Labute approximate surface area is 128 Å². The molecule has 0 spiro atoms. The molecule has 0 bridgehead atoms. The average Bonchev–Trinajstić information content (AvgIpc) is 2.89. The van der Waals surface area contributed by atoms with Crippen molar-refractivity contribution in [3.05, 3.63) is 42.2 Å². The molecular weight excluding hydrogens is 282 g/mol. The summed E-state index contributed by atoms with van der Waals surface area (Å²) < 4.78 is 1.69. The average molecular weight is 301 g/mol. The molecule has 116 valence electrons. The third-order valence-electron chi connectivity index (χ3n) is 3.14. The minimum Gasteiger partial charge on any atom is -0.370 e. The summed E-state index contributed by atoms with van der Waals surface area (Å²) in [5.41, 5.74) is 7.27. The summed E-state index contributed by atoms with van der Waals surface area (Å²) in [5, 5.41) is 7.26. The number of nitrogens with zero attached hydrogens (tertiary/aromatic N) is 3. The van der Waals surface area contributed by atoms with Crippen LogP contribution in [0, 0.1) is 0 Å². The largest absolute Gasteiger partial charge is 0.370 e. The molecule has 2 amide bonds. The molecule has 22 heavy (non-hydrogen) atoms. The van der Waals surface area contributed by atoms with Crippen LogP contribution in [0.15, 0.2) is 36.7 Å². The zero-order valence-electron chi connectivity index (χ0n) is 12.6. The molecule has 0 aliphatic rings. The summed E-state index contributed by atoms with van der Waals surface area (Å²) in [6.07, 6.45) is 3.69. The van der Waals surface area contributed by atoms with Crippen LogP contribution in [0.3, 0.4) is 0 Å². The number of nitrogens with one attached hydrogen (secondary N) is 1. The molecule has 0 aliphatic carbocycles. The smallest absolute Gasteiger partial charge is 0.253 e. The first-order chi connectivity index (χ1) is 10.5. The lowest BCUT2D eigenvalue weighted by molar-refractivity contribution is -0.118. The van der Waals surface area contributed by atoms with E-state index in [9.17, 15) is 9.59 Å². The Bertz CT molecular complexity index is 680. The predicted octanol–water partition coefficient (Wildman–Crippen LogP) is 1.11. The Balaban J connectivity index is 2.07. The first-order valence-corrected chi connectivity index (χ1v) is 6.85. The van der Waals surface area contributed by atoms with Gasteiger partial charge in [-0.05, 0) is 18.2 Å². The van der Waals surface area contributed by atoms with E-state index >= 15 is 0 Å². The van der Waals surface area contributed by atoms with E-state index in [2.05, 4.69) is 10.4 Å². The maximum absolute atomic E-state index is 12.3. The van der Waals surface area contributed by atoms with Crippen molar-refractivity contribution >= 4 is 23.2 Å². The summed E-state index contributed by atoms with van der Waals surface area (Å²) in [7, 11) is 3.48. The van der Waals surface area contributed by atoms with Gasteiger partial charge in [0.1, 0.15) is 0 Å². The van der Waals surface area contributed by atoms with Crippen molar-refractivity contribution in [2.45, 2.75) is 6.42 Å². The van der Waals surface area contributed by atoms with Crippen LogP contribution in [0.25, 0.3) is 0 Å². The molecule has 0 atom stereocenters. The van der Waals surface area contributed by atoms with Crippen LogP contribution in [-0.4, -0.2) is 40.1 Å². The Kier molecular flexibility index (Phi) is 4.77. The maximum Gasteiger partial charge on any atom is 0.253 e. The van der Waals surface area contributed by atoms with Crippen molar-refractivity contribution in [3.63, 3.8) is 0 Å². The van der Waals surface area contributed by atoms with Gasteiger partial charge >= 0.3 is 0 Å². The lowest BCUT2D eigenvalue weighted by Gasteiger charge is -2.16. The molecule has 1 aromatic heterocycles. The van der Waals surface area contributed by atoms with Crippen LogP contribution < -0.4 is 11.1 Å². The number of benzene rings is 1. The fourth-order valence-electron chi connectivity index (χ4n) is 1.98. The van der Waals surface area contributed by atoms with Gasteiger partial charge in [-0.1, -0.05) is 6.07 Å². The summed E-state index contributed by atoms with van der Waals surface area (Å²) >= 11 is 0. The third-order valence-corrected chi connectivity index (χ3v) is 3.14. The number of carbonyl (C=O) groups is 2. The van der Waals surface area contributed by atoms with Crippen molar-refractivity contribution in [3.8, 4) is 0 Å². The SMILES string of the molecule is CN(CCC(N)=O)C(=O)c1cccc(Nc2cnn(C)c2)c1. The normalized spacial score (nSPS) is 10.3. The van der Waals surface area contributed by atoms with Crippen LogP contribution in [0.4, 0.5) is 11.4 Å². The minimum atomic E-state index is -0.424. The molecule has 7 heteroatoms. The highest BCUT2D eigenvalue weighted by molar-refractivity contribution is 5.95. The molecule has 0 aliphatic heterocycles. The molecular formula is C15H19N5O2. The fourth-order valence-corrected chi connectivity index (χ4v) is 1.98. The summed E-state index contributed by atoms with van der Waals surface area (Å²) in [4.78, 5) is 24.6. The minimum absolute atomic E-state index is 0.149. The summed E-state index contributed by atoms with van der Waals surface area (Å²) in [6.45, 7) is 0.300. The molecule has 2 rings (SSSR count). The highest BCUT2D eigenvalue weighted by Crippen LogP contribution is 2.17. The predicted molar refractivity (Wildman–Crippen MR) is 83.7 cm³/mol. The van der Waals surface area contributed by atoms with E-state index in [1.54, 1.807) is 36.1 Å². The number of hydrogen-bond donors (Lipinski definition) is 2. The Morgan fingerprint density at radius 3 is 2.77 bits per heavy atom. The second-order valence-electron chi connectivity index (χ2n) is 5.05. The quantitative estimate of drug-likeness (QED) is 0.836.